The molecule has 150 valence electrons. The van der Waals surface area contributed by atoms with Crippen molar-refractivity contribution in [2.75, 3.05) is 11.9 Å². The highest BCUT2D eigenvalue weighted by atomic mass is 79.9. The molecule has 0 saturated carbocycles. The number of nitrogens with zero attached hydrogens (tertiary/aromatic N) is 3. The number of nitrogens with one attached hydrogen (secondary N) is 1. The summed E-state index contributed by atoms with van der Waals surface area (Å²) in [7, 11) is 0. The van der Waals surface area contributed by atoms with Crippen LogP contribution in [-0.2, 0) is 5.54 Å². The van der Waals surface area contributed by atoms with Crippen LogP contribution < -0.4 is 5.32 Å². The van der Waals surface area contributed by atoms with E-state index in [4.69, 9.17) is 0 Å². The van der Waals surface area contributed by atoms with Gasteiger partial charge in [-0.25, -0.2) is 4.79 Å². The molecule has 7 nitrogen and oxygen atoms in total. The lowest BCUT2D eigenvalue weighted by Gasteiger charge is -2.45. The largest absolute Gasteiger partial charge is 0.465 e. The number of likely N-dealkylation sites (tertiary alicyclic amines) is 1. The van der Waals surface area contributed by atoms with Crippen LogP contribution in [0.25, 0.3) is 0 Å². The summed E-state index contributed by atoms with van der Waals surface area (Å²) in [5.41, 5.74) is 0.422. The Morgan fingerprint density at radius 3 is 2.68 bits per heavy atom. The molecule has 2 amide bonds. The molecule has 0 spiro atoms. The first-order chi connectivity index (χ1) is 13.1. The third kappa shape index (κ3) is 3.41. The fraction of sp³-hybridized carbons (Fsp3) is 0.474. The van der Waals surface area contributed by atoms with E-state index in [0.29, 0.717) is 23.7 Å². The molecule has 1 saturated heterocycles. The first-order valence-electron chi connectivity index (χ1n) is 8.99. The van der Waals surface area contributed by atoms with Gasteiger partial charge in [0.15, 0.2) is 0 Å². The van der Waals surface area contributed by atoms with Gasteiger partial charge < -0.3 is 10.4 Å². The van der Waals surface area contributed by atoms with Gasteiger partial charge in [-0.05, 0) is 42.9 Å². The second kappa shape index (κ2) is 7.44. The van der Waals surface area contributed by atoms with Crippen molar-refractivity contribution in [1.82, 2.24) is 15.1 Å². The van der Waals surface area contributed by atoms with E-state index in [1.165, 1.54) is 4.90 Å². The third-order valence-corrected chi connectivity index (χ3v) is 7.27. The van der Waals surface area contributed by atoms with Gasteiger partial charge in [0.05, 0.1) is 0 Å². The molecule has 9 heteroatoms. The molecule has 1 fully saturated rings. The van der Waals surface area contributed by atoms with Crippen molar-refractivity contribution in [3.05, 3.63) is 38.3 Å². The summed E-state index contributed by atoms with van der Waals surface area (Å²) < 4.78 is 0.901. The number of carbonyl (C=O) groups excluding carboxylic acids is 1. The van der Waals surface area contributed by atoms with Crippen molar-refractivity contribution in [3.8, 4) is 0 Å². The van der Waals surface area contributed by atoms with E-state index in [-0.39, 0.29) is 10.9 Å². The van der Waals surface area contributed by atoms with Gasteiger partial charge >= 0.3 is 6.09 Å². The molecule has 0 aliphatic carbocycles. The number of hydrogen-bond acceptors (Lipinski definition) is 5. The molecule has 1 aliphatic heterocycles. The Balaban J connectivity index is 1.94. The SMILES string of the molecule is Cc1c(Br)cccc1NC(=O)c1nnc([C@@]2(C(C)(C)C)CCCN2C(=O)O)s1. The van der Waals surface area contributed by atoms with Crippen LogP contribution in [0, 0.1) is 12.3 Å². The summed E-state index contributed by atoms with van der Waals surface area (Å²) in [5.74, 6) is -0.353. The van der Waals surface area contributed by atoms with E-state index in [2.05, 4.69) is 31.4 Å². The Labute approximate surface area is 176 Å². The number of carboxylic acid groups (broad SMARTS) is 1. The van der Waals surface area contributed by atoms with Gasteiger partial charge in [0.25, 0.3) is 5.91 Å². The lowest BCUT2D eigenvalue weighted by Crippen LogP contribution is -2.52. The maximum atomic E-state index is 12.7. The van der Waals surface area contributed by atoms with Crippen molar-refractivity contribution >= 4 is 45.0 Å². The Hall–Kier alpha value is -2.00. The number of carbonyl (C=O) groups is 2. The first kappa shape index (κ1) is 20.7. The predicted octanol–water partition coefficient (Wildman–Crippen LogP) is 4.88. The molecule has 2 heterocycles. The molecular formula is C19H23BrN4O3S. The zero-order valence-corrected chi connectivity index (χ0v) is 18.6. The van der Waals surface area contributed by atoms with Gasteiger partial charge in [0.1, 0.15) is 10.5 Å². The molecule has 0 bridgehead atoms. The van der Waals surface area contributed by atoms with Gasteiger partial charge in [-0.2, -0.15) is 0 Å². The summed E-state index contributed by atoms with van der Waals surface area (Å²) in [6.45, 7) is 8.36. The molecule has 1 aliphatic rings. The molecule has 3 rings (SSSR count). The molecule has 1 aromatic carbocycles. The van der Waals surface area contributed by atoms with Gasteiger partial charge in [0.2, 0.25) is 5.01 Å². The van der Waals surface area contributed by atoms with Crippen LogP contribution >= 0.6 is 27.3 Å². The van der Waals surface area contributed by atoms with Gasteiger partial charge in [-0.15, -0.1) is 10.2 Å². The van der Waals surface area contributed by atoms with Crippen molar-refractivity contribution in [2.24, 2.45) is 5.41 Å². The second-order valence-electron chi connectivity index (χ2n) is 7.93. The van der Waals surface area contributed by atoms with E-state index in [0.717, 1.165) is 27.8 Å². The minimum Gasteiger partial charge on any atom is -0.465 e. The van der Waals surface area contributed by atoms with Crippen molar-refractivity contribution in [2.45, 2.75) is 46.1 Å². The zero-order valence-electron chi connectivity index (χ0n) is 16.2. The fourth-order valence-electron chi connectivity index (χ4n) is 3.80. The number of rotatable bonds is 3. The van der Waals surface area contributed by atoms with E-state index >= 15 is 0 Å². The summed E-state index contributed by atoms with van der Waals surface area (Å²) in [5, 5.41) is 21.7. The van der Waals surface area contributed by atoms with Crippen LogP contribution in [0.3, 0.4) is 0 Å². The van der Waals surface area contributed by atoms with E-state index in [1.54, 1.807) is 0 Å². The summed E-state index contributed by atoms with van der Waals surface area (Å²) in [4.78, 5) is 26.1. The molecule has 28 heavy (non-hydrogen) atoms. The van der Waals surface area contributed by atoms with Crippen molar-refractivity contribution in [3.63, 3.8) is 0 Å². The smallest absolute Gasteiger partial charge is 0.408 e. The average molecular weight is 467 g/mol. The van der Waals surface area contributed by atoms with Crippen LogP contribution in [0.1, 0.15) is 54.0 Å². The van der Waals surface area contributed by atoms with Crippen LogP contribution in [0.4, 0.5) is 10.5 Å². The minimum absolute atomic E-state index is 0.218. The maximum Gasteiger partial charge on any atom is 0.408 e. The van der Waals surface area contributed by atoms with Crippen LogP contribution in [0.5, 0.6) is 0 Å². The van der Waals surface area contributed by atoms with Gasteiger partial charge in [0, 0.05) is 16.7 Å². The number of halogens is 1. The van der Waals surface area contributed by atoms with E-state index < -0.39 is 17.0 Å². The highest BCUT2D eigenvalue weighted by molar-refractivity contribution is 9.10. The number of hydrogen-bond donors (Lipinski definition) is 2. The lowest BCUT2D eigenvalue weighted by atomic mass is 9.72. The molecule has 0 unspecified atom stereocenters. The van der Waals surface area contributed by atoms with Gasteiger partial charge in [-0.3, -0.25) is 9.69 Å². The summed E-state index contributed by atoms with van der Waals surface area (Å²) in [6, 6.07) is 5.57. The first-order valence-corrected chi connectivity index (χ1v) is 10.6. The predicted molar refractivity (Wildman–Crippen MR) is 112 cm³/mol. The van der Waals surface area contributed by atoms with E-state index in [9.17, 15) is 14.7 Å². The molecule has 2 aromatic rings. The number of benzene rings is 1. The highest BCUT2D eigenvalue weighted by Gasteiger charge is 2.55. The Kier molecular flexibility index (Phi) is 5.51. The zero-order chi connectivity index (χ0) is 20.7. The third-order valence-electron chi connectivity index (χ3n) is 5.34. The van der Waals surface area contributed by atoms with Crippen LogP contribution in [-0.4, -0.2) is 38.7 Å². The molecule has 1 aromatic heterocycles. The highest BCUT2D eigenvalue weighted by Crippen LogP contribution is 2.52. The Morgan fingerprint density at radius 2 is 2.04 bits per heavy atom. The fourth-order valence-corrected chi connectivity index (χ4v) is 5.35. The minimum atomic E-state index is -0.974. The number of anilines is 1. The van der Waals surface area contributed by atoms with Crippen molar-refractivity contribution in [1.29, 1.82) is 0 Å². The lowest BCUT2D eigenvalue weighted by molar-refractivity contribution is 0.0270. The van der Waals surface area contributed by atoms with Crippen LogP contribution in [0.15, 0.2) is 22.7 Å². The van der Waals surface area contributed by atoms with Crippen molar-refractivity contribution < 1.29 is 14.7 Å². The maximum absolute atomic E-state index is 12.7. The number of aromatic nitrogens is 2. The average Bonchev–Trinajstić information content (AvgIpc) is 3.25. The van der Waals surface area contributed by atoms with E-state index in [1.807, 2.05) is 45.9 Å². The topological polar surface area (TPSA) is 95.4 Å². The molecule has 2 N–H and O–H groups in total. The second-order valence-corrected chi connectivity index (χ2v) is 9.76. The quantitative estimate of drug-likeness (QED) is 0.671. The van der Waals surface area contributed by atoms with Gasteiger partial charge in [-0.1, -0.05) is 54.1 Å². The summed E-state index contributed by atoms with van der Waals surface area (Å²) in [6.07, 6.45) is 0.435. The molecule has 0 radical (unpaired) electrons. The Bertz CT molecular complexity index is 924. The monoisotopic (exact) mass is 466 g/mol. The Morgan fingerprint density at radius 1 is 1.32 bits per heavy atom. The molecule has 1 atom stereocenters. The standard InChI is InChI=1S/C19H23BrN4O3S/c1-11-12(20)7-5-8-13(11)21-14(25)15-22-23-16(28-15)19(18(2,3)4)9-6-10-24(19)17(26)27/h5,7-8H,6,9-10H2,1-4H3,(H,21,25)(H,26,27)/t19-/m1/s1. The van der Waals surface area contributed by atoms with Crippen LogP contribution in [0.2, 0.25) is 0 Å². The molecular weight excluding hydrogens is 444 g/mol. The number of amides is 2. The normalized spacial score (nSPS) is 19.7. The summed E-state index contributed by atoms with van der Waals surface area (Å²) >= 11 is 4.62.